The minimum Gasteiger partial charge on any atom is -0.492 e. The summed E-state index contributed by atoms with van der Waals surface area (Å²) in [4.78, 5) is 15.7. The quantitative estimate of drug-likeness (QED) is 0.189. The number of guanidine groups is 1. The van der Waals surface area contributed by atoms with Gasteiger partial charge in [-0.3, -0.25) is 9.79 Å². The molecule has 6 nitrogen and oxygen atoms in total. The van der Waals surface area contributed by atoms with Gasteiger partial charge in [0.2, 0.25) is 0 Å². The summed E-state index contributed by atoms with van der Waals surface area (Å²) in [6, 6.07) is 9.69. The van der Waals surface area contributed by atoms with E-state index < -0.39 is 0 Å². The van der Waals surface area contributed by atoms with Crippen LogP contribution in [0.25, 0.3) is 0 Å². The number of carbonyl (C=O) groups excluding carboxylic acids is 1. The van der Waals surface area contributed by atoms with E-state index in [1.807, 2.05) is 37.3 Å². The number of nitrogens with zero attached hydrogens (tertiary/aromatic N) is 1. The van der Waals surface area contributed by atoms with Crippen LogP contribution in [0.15, 0.2) is 35.3 Å². The Bertz CT molecular complexity index is 469. The zero-order chi connectivity index (χ0) is 16.8. The maximum absolute atomic E-state index is 11.2. The SMILES string of the molecule is CCNC(=NCCCC(=O)OCC)NCCOc1ccccc1.I. The van der Waals surface area contributed by atoms with Gasteiger partial charge in [0.25, 0.3) is 0 Å². The first kappa shape index (κ1) is 22.5. The van der Waals surface area contributed by atoms with E-state index in [1.165, 1.54) is 0 Å². The minimum absolute atomic E-state index is 0. The number of hydrogen-bond donors (Lipinski definition) is 2. The Hall–Kier alpha value is -1.51. The second kappa shape index (κ2) is 15.0. The topological polar surface area (TPSA) is 72.0 Å². The third kappa shape index (κ3) is 11.1. The minimum atomic E-state index is -0.170. The normalized spacial score (nSPS) is 10.5. The van der Waals surface area contributed by atoms with Gasteiger partial charge >= 0.3 is 5.97 Å². The highest BCUT2D eigenvalue weighted by Crippen LogP contribution is 2.07. The molecule has 0 saturated carbocycles. The van der Waals surface area contributed by atoms with E-state index in [9.17, 15) is 4.79 Å². The number of hydrogen-bond acceptors (Lipinski definition) is 4. The molecule has 0 aromatic heterocycles. The summed E-state index contributed by atoms with van der Waals surface area (Å²) in [6.07, 6.45) is 1.07. The highest BCUT2D eigenvalue weighted by molar-refractivity contribution is 14.0. The molecule has 2 N–H and O–H groups in total. The maximum Gasteiger partial charge on any atom is 0.305 e. The van der Waals surface area contributed by atoms with Gasteiger partial charge in [-0.2, -0.15) is 0 Å². The third-order valence-electron chi connectivity index (χ3n) is 2.86. The number of ether oxygens (including phenoxy) is 2. The van der Waals surface area contributed by atoms with Crippen molar-refractivity contribution in [2.45, 2.75) is 26.7 Å². The van der Waals surface area contributed by atoms with Crippen molar-refractivity contribution < 1.29 is 14.3 Å². The molecule has 0 spiro atoms. The molecule has 7 heteroatoms. The fraction of sp³-hybridized carbons (Fsp3) is 0.529. The summed E-state index contributed by atoms with van der Waals surface area (Å²) in [7, 11) is 0. The van der Waals surface area contributed by atoms with Gasteiger partial charge in [-0.05, 0) is 32.4 Å². The number of aliphatic imine (C=N–C) groups is 1. The van der Waals surface area contributed by atoms with Crippen LogP contribution in [0.5, 0.6) is 5.75 Å². The second-order valence-electron chi connectivity index (χ2n) is 4.76. The molecule has 0 amide bonds. The van der Waals surface area contributed by atoms with Crippen molar-refractivity contribution in [1.82, 2.24) is 10.6 Å². The number of carbonyl (C=O) groups is 1. The molecular formula is C17H28IN3O3. The van der Waals surface area contributed by atoms with E-state index in [1.54, 1.807) is 6.92 Å². The number of esters is 1. The molecule has 0 aliphatic rings. The van der Waals surface area contributed by atoms with Crippen molar-refractivity contribution in [3.8, 4) is 5.75 Å². The number of halogens is 1. The molecule has 0 saturated heterocycles. The highest BCUT2D eigenvalue weighted by Gasteiger charge is 2.01. The second-order valence-corrected chi connectivity index (χ2v) is 4.76. The summed E-state index contributed by atoms with van der Waals surface area (Å²) in [6.45, 7) is 6.80. The predicted molar refractivity (Wildman–Crippen MR) is 107 cm³/mol. The molecule has 0 atom stereocenters. The molecule has 0 fully saturated rings. The molecule has 0 bridgehead atoms. The van der Waals surface area contributed by atoms with E-state index in [4.69, 9.17) is 9.47 Å². The van der Waals surface area contributed by atoms with Crippen molar-refractivity contribution >= 4 is 35.9 Å². The van der Waals surface area contributed by atoms with Crippen LogP contribution in [-0.2, 0) is 9.53 Å². The van der Waals surface area contributed by atoms with Crippen molar-refractivity contribution in [3.05, 3.63) is 30.3 Å². The summed E-state index contributed by atoms with van der Waals surface area (Å²) in [5.41, 5.74) is 0. The van der Waals surface area contributed by atoms with Crippen molar-refractivity contribution in [1.29, 1.82) is 0 Å². The predicted octanol–water partition coefficient (Wildman–Crippen LogP) is 2.58. The zero-order valence-electron chi connectivity index (χ0n) is 14.4. The molecule has 0 radical (unpaired) electrons. The van der Waals surface area contributed by atoms with E-state index in [0.717, 1.165) is 18.3 Å². The van der Waals surface area contributed by atoms with Crippen LogP contribution in [0, 0.1) is 0 Å². The smallest absolute Gasteiger partial charge is 0.305 e. The van der Waals surface area contributed by atoms with Gasteiger partial charge in [0.15, 0.2) is 5.96 Å². The van der Waals surface area contributed by atoms with Crippen molar-refractivity contribution in [3.63, 3.8) is 0 Å². The molecule has 24 heavy (non-hydrogen) atoms. The first-order valence-electron chi connectivity index (χ1n) is 8.12. The number of para-hydroxylation sites is 1. The average molecular weight is 449 g/mol. The van der Waals surface area contributed by atoms with E-state index >= 15 is 0 Å². The molecule has 0 unspecified atom stereocenters. The maximum atomic E-state index is 11.2. The summed E-state index contributed by atoms with van der Waals surface area (Å²) in [5, 5.41) is 6.36. The van der Waals surface area contributed by atoms with E-state index in [2.05, 4.69) is 15.6 Å². The fourth-order valence-corrected chi connectivity index (χ4v) is 1.84. The molecule has 0 heterocycles. The van der Waals surface area contributed by atoms with Gasteiger partial charge in [0, 0.05) is 19.5 Å². The van der Waals surface area contributed by atoms with Gasteiger partial charge < -0.3 is 20.1 Å². The van der Waals surface area contributed by atoms with Crippen LogP contribution in [-0.4, -0.2) is 44.8 Å². The first-order chi connectivity index (χ1) is 11.3. The molecule has 136 valence electrons. The zero-order valence-corrected chi connectivity index (χ0v) is 16.7. The third-order valence-corrected chi connectivity index (χ3v) is 2.86. The molecule has 1 rings (SSSR count). The fourth-order valence-electron chi connectivity index (χ4n) is 1.84. The van der Waals surface area contributed by atoms with Gasteiger partial charge in [0.05, 0.1) is 13.2 Å². The van der Waals surface area contributed by atoms with Gasteiger partial charge in [-0.25, -0.2) is 0 Å². The Morgan fingerprint density at radius 1 is 1.17 bits per heavy atom. The van der Waals surface area contributed by atoms with Crippen LogP contribution in [0.4, 0.5) is 0 Å². The molecule has 1 aromatic rings. The Morgan fingerprint density at radius 2 is 1.92 bits per heavy atom. The molecule has 0 aliphatic carbocycles. The summed E-state index contributed by atoms with van der Waals surface area (Å²) < 4.78 is 10.5. The van der Waals surface area contributed by atoms with Gasteiger partial charge in [-0.15, -0.1) is 24.0 Å². The van der Waals surface area contributed by atoms with Gasteiger partial charge in [0.1, 0.15) is 12.4 Å². The van der Waals surface area contributed by atoms with Crippen LogP contribution >= 0.6 is 24.0 Å². The molecule has 0 aliphatic heterocycles. The largest absolute Gasteiger partial charge is 0.492 e. The Balaban J connectivity index is 0.00000529. The monoisotopic (exact) mass is 449 g/mol. The lowest BCUT2D eigenvalue weighted by Crippen LogP contribution is -2.39. The standard InChI is InChI=1S/C17H27N3O3.HI/c1-3-18-17(19-12-8-11-16(21)22-4-2)20-13-14-23-15-9-6-5-7-10-15;/h5-7,9-10H,3-4,8,11-14H2,1-2H3,(H2,18,19,20);1H. The lowest BCUT2D eigenvalue weighted by atomic mass is 10.3. The number of benzene rings is 1. The van der Waals surface area contributed by atoms with Crippen LogP contribution in [0.1, 0.15) is 26.7 Å². The average Bonchev–Trinajstić information content (AvgIpc) is 2.56. The Kier molecular flexibility index (Phi) is 14.1. The van der Waals surface area contributed by atoms with Crippen molar-refractivity contribution in [2.75, 3.05) is 32.8 Å². The highest BCUT2D eigenvalue weighted by atomic mass is 127. The number of rotatable bonds is 10. The van der Waals surface area contributed by atoms with Crippen LogP contribution in [0.2, 0.25) is 0 Å². The van der Waals surface area contributed by atoms with E-state index in [-0.39, 0.29) is 29.9 Å². The van der Waals surface area contributed by atoms with Crippen molar-refractivity contribution in [2.24, 2.45) is 4.99 Å². The lowest BCUT2D eigenvalue weighted by Gasteiger charge is -2.12. The van der Waals surface area contributed by atoms with Gasteiger partial charge in [-0.1, -0.05) is 18.2 Å². The lowest BCUT2D eigenvalue weighted by molar-refractivity contribution is -0.143. The molecule has 1 aromatic carbocycles. The first-order valence-corrected chi connectivity index (χ1v) is 8.12. The van der Waals surface area contributed by atoms with Crippen LogP contribution < -0.4 is 15.4 Å². The van der Waals surface area contributed by atoms with Crippen LogP contribution in [0.3, 0.4) is 0 Å². The molecular weight excluding hydrogens is 421 g/mol. The summed E-state index contributed by atoms with van der Waals surface area (Å²) in [5.74, 6) is 1.41. The Morgan fingerprint density at radius 3 is 2.58 bits per heavy atom. The number of nitrogens with one attached hydrogen (secondary N) is 2. The van der Waals surface area contributed by atoms with E-state index in [0.29, 0.717) is 39.1 Å². The summed E-state index contributed by atoms with van der Waals surface area (Å²) >= 11 is 0. The Labute approximate surface area is 161 Å².